The molecule has 0 spiro atoms. The summed E-state index contributed by atoms with van der Waals surface area (Å²) in [5.41, 5.74) is 3.11. The molecule has 4 aromatic rings. The molecule has 0 unspecified atom stereocenters. The Hall–Kier alpha value is -2.90. The quantitative estimate of drug-likeness (QED) is 0.364. The summed E-state index contributed by atoms with van der Waals surface area (Å²) in [6, 6.07) is 9.23. The first-order valence-corrected chi connectivity index (χ1v) is 12.7. The summed E-state index contributed by atoms with van der Waals surface area (Å²) in [6.07, 6.45) is 9.27. The number of benzene rings is 1. The van der Waals surface area contributed by atoms with Crippen LogP contribution in [0.4, 0.5) is 0 Å². The van der Waals surface area contributed by atoms with Crippen LogP contribution in [0.15, 0.2) is 52.3 Å². The zero-order valence-electron chi connectivity index (χ0n) is 19.2. The third-order valence-electron chi connectivity index (χ3n) is 6.38. The summed E-state index contributed by atoms with van der Waals surface area (Å²) in [7, 11) is 1.64. The van der Waals surface area contributed by atoms with Crippen LogP contribution < -0.4 is 16.0 Å². The number of fused-ring (bicyclic) bond motifs is 1. The molecule has 0 radical (unpaired) electrons. The number of hydrogen-bond acceptors (Lipinski definition) is 5. The Morgan fingerprint density at radius 3 is 2.71 bits per heavy atom. The van der Waals surface area contributed by atoms with E-state index in [1.807, 2.05) is 31.2 Å². The van der Waals surface area contributed by atoms with E-state index in [2.05, 4.69) is 4.98 Å². The smallest absolute Gasteiger partial charge is 0.331 e. The summed E-state index contributed by atoms with van der Waals surface area (Å²) in [6.45, 7) is 2.23. The molecule has 0 N–H and O–H groups in total. The largest absolute Gasteiger partial charge is 0.490 e. The normalized spacial score (nSPS) is 14.6. The third kappa shape index (κ3) is 4.42. The van der Waals surface area contributed by atoms with E-state index in [-0.39, 0.29) is 23.9 Å². The van der Waals surface area contributed by atoms with E-state index < -0.39 is 0 Å². The lowest BCUT2D eigenvalue weighted by Crippen LogP contribution is -2.37. The zero-order chi connectivity index (χ0) is 23.8. The Morgan fingerprint density at radius 2 is 1.91 bits per heavy atom. The lowest BCUT2D eigenvalue weighted by Gasteiger charge is -2.25. The molecule has 1 aliphatic rings. The van der Waals surface area contributed by atoms with Gasteiger partial charge in [-0.1, -0.05) is 18.0 Å². The van der Waals surface area contributed by atoms with Crippen molar-refractivity contribution in [2.24, 2.45) is 7.05 Å². The number of aryl methyl sites for hydroxylation is 2. The first kappa shape index (κ1) is 22.9. The van der Waals surface area contributed by atoms with Gasteiger partial charge in [-0.05, 0) is 62.4 Å². The minimum absolute atomic E-state index is 0.201. The van der Waals surface area contributed by atoms with Crippen molar-refractivity contribution in [1.29, 1.82) is 0 Å². The molecule has 6 nitrogen and oxygen atoms in total. The van der Waals surface area contributed by atoms with E-state index >= 15 is 0 Å². The molecule has 0 atom stereocenters. The molecule has 0 amide bonds. The SMILES string of the molecule is Cc1cc(Cl)cc(-c2ccnc3cc(Cn4c(=O)ccn(C)c4=O)sc23)c1OC1CCCCC1. The van der Waals surface area contributed by atoms with Gasteiger partial charge >= 0.3 is 5.69 Å². The Labute approximate surface area is 206 Å². The summed E-state index contributed by atoms with van der Waals surface area (Å²) >= 11 is 8.02. The highest BCUT2D eigenvalue weighted by Gasteiger charge is 2.21. The lowest BCUT2D eigenvalue weighted by atomic mass is 9.97. The van der Waals surface area contributed by atoms with Crippen LogP contribution >= 0.6 is 22.9 Å². The van der Waals surface area contributed by atoms with Crippen LogP contribution in [0.1, 0.15) is 42.5 Å². The van der Waals surface area contributed by atoms with Crippen LogP contribution in [0, 0.1) is 6.92 Å². The van der Waals surface area contributed by atoms with Gasteiger partial charge < -0.3 is 9.30 Å². The Morgan fingerprint density at radius 1 is 1.12 bits per heavy atom. The van der Waals surface area contributed by atoms with Gasteiger partial charge in [-0.3, -0.25) is 14.3 Å². The number of hydrogen-bond donors (Lipinski definition) is 0. The van der Waals surface area contributed by atoms with E-state index in [9.17, 15) is 9.59 Å². The molecule has 1 fully saturated rings. The number of halogens is 1. The second-order valence-electron chi connectivity index (χ2n) is 8.90. The Kier molecular flexibility index (Phi) is 6.32. The number of pyridine rings is 1. The highest BCUT2D eigenvalue weighted by atomic mass is 35.5. The van der Waals surface area contributed by atoms with Gasteiger partial charge in [0.15, 0.2) is 0 Å². The van der Waals surface area contributed by atoms with Crippen molar-refractivity contribution in [2.45, 2.75) is 51.7 Å². The molecule has 3 heterocycles. The molecular formula is C26H26ClN3O3S. The van der Waals surface area contributed by atoms with Crippen molar-refractivity contribution < 1.29 is 4.74 Å². The van der Waals surface area contributed by atoms with Crippen LogP contribution in [-0.4, -0.2) is 20.2 Å². The van der Waals surface area contributed by atoms with Crippen molar-refractivity contribution in [3.63, 3.8) is 0 Å². The fourth-order valence-corrected chi connectivity index (χ4v) is 6.03. The number of rotatable bonds is 5. The van der Waals surface area contributed by atoms with E-state index in [1.54, 1.807) is 13.2 Å². The molecule has 3 aromatic heterocycles. The van der Waals surface area contributed by atoms with Crippen molar-refractivity contribution >= 4 is 33.2 Å². The number of thiophene rings is 1. The van der Waals surface area contributed by atoms with E-state index in [1.165, 1.54) is 52.0 Å². The van der Waals surface area contributed by atoms with Crippen LogP contribution in [-0.2, 0) is 13.6 Å². The minimum atomic E-state index is -0.341. The highest BCUT2D eigenvalue weighted by Crippen LogP contribution is 2.42. The van der Waals surface area contributed by atoms with Gasteiger partial charge in [-0.2, -0.15) is 0 Å². The van der Waals surface area contributed by atoms with Gasteiger partial charge in [-0.25, -0.2) is 4.79 Å². The number of ether oxygens (including phenoxy) is 1. The Bertz CT molecular complexity index is 1480. The average molecular weight is 496 g/mol. The van der Waals surface area contributed by atoms with Gasteiger partial charge in [0.25, 0.3) is 5.56 Å². The topological polar surface area (TPSA) is 66.1 Å². The van der Waals surface area contributed by atoms with E-state index in [4.69, 9.17) is 16.3 Å². The zero-order valence-corrected chi connectivity index (χ0v) is 20.8. The fourth-order valence-electron chi connectivity index (χ4n) is 4.63. The van der Waals surface area contributed by atoms with Gasteiger partial charge in [0.2, 0.25) is 0 Å². The first-order chi connectivity index (χ1) is 16.4. The minimum Gasteiger partial charge on any atom is -0.490 e. The van der Waals surface area contributed by atoms with Gasteiger partial charge in [0.1, 0.15) is 5.75 Å². The van der Waals surface area contributed by atoms with Gasteiger partial charge in [0.05, 0.1) is 22.9 Å². The molecule has 1 saturated carbocycles. The summed E-state index contributed by atoms with van der Waals surface area (Å²) in [5.74, 6) is 0.867. The maximum Gasteiger partial charge on any atom is 0.331 e. The van der Waals surface area contributed by atoms with Gasteiger partial charge in [-0.15, -0.1) is 11.3 Å². The highest BCUT2D eigenvalue weighted by molar-refractivity contribution is 7.19. The molecule has 34 heavy (non-hydrogen) atoms. The predicted octanol–water partition coefficient (Wildman–Crippen LogP) is 5.55. The Balaban J connectivity index is 1.59. The summed E-state index contributed by atoms with van der Waals surface area (Å²) < 4.78 is 10.2. The molecule has 1 aromatic carbocycles. The summed E-state index contributed by atoms with van der Waals surface area (Å²) in [5, 5.41) is 0.657. The molecule has 8 heteroatoms. The van der Waals surface area contributed by atoms with Crippen LogP contribution in [0.3, 0.4) is 0 Å². The maximum atomic E-state index is 12.5. The second kappa shape index (κ2) is 9.39. The number of aromatic nitrogens is 3. The molecule has 1 aliphatic carbocycles. The van der Waals surface area contributed by atoms with E-state index in [0.29, 0.717) is 5.02 Å². The molecule has 0 aliphatic heterocycles. The molecule has 0 saturated heterocycles. The fraction of sp³-hybridized carbons (Fsp3) is 0.346. The lowest BCUT2D eigenvalue weighted by molar-refractivity contribution is 0.155. The second-order valence-corrected chi connectivity index (χ2v) is 10.5. The number of nitrogens with zero attached hydrogens (tertiary/aromatic N) is 3. The van der Waals surface area contributed by atoms with Crippen LogP contribution in [0.2, 0.25) is 5.02 Å². The van der Waals surface area contributed by atoms with Crippen molar-refractivity contribution in [2.75, 3.05) is 0 Å². The monoisotopic (exact) mass is 495 g/mol. The third-order valence-corrected chi connectivity index (χ3v) is 7.74. The predicted molar refractivity (Wildman–Crippen MR) is 137 cm³/mol. The first-order valence-electron chi connectivity index (χ1n) is 11.5. The van der Waals surface area contributed by atoms with Crippen LogP contribution in [0.5, 0.6) is 5.75 Å². The van der Waals surface area contributed by atoms with Crippen LogP contribution in [0.25, 0.3) is 21.3 Å². The van der Waals surface area contributed by atoms with Crippen molar-refractivity contribution in [3.05, 3.63) is 79.0 Å². The van der Waals surface area contributed by atoms with Gasteiger partial charge in [0, 0.05) is 46.5 Å². The molecular weight excluding hydrogens is 470 g/mol. The molecule has 176 valence electrons. The maximum absolute atomic E-state index is 12.5. The van der Waals surface area contributed by atoms with E-state index in [0.717, 1.165) is 50.4 Å². The summed E-state index contributed by atoms with van der Waals surface area (Å²) in [4.78, 5) is 30.2. The van der Waals surface area contributed by atoms with Crippen molar-refractivity contribution in [3.8, 4) is 16.9 Å². The molecule has 5 rings (SSSR count). The molecule has 0 bridgehead atoms. The standard InChI is InChI=1S/C26H26ClN3O3S/c1-16-12-17(27)13-21(24(16)33-18-6-4-3-5-7-18)20-8-10-28-22-14-19(34-25(20)22)15-30-23(31)9-11-29(2)26(30)32/h8-14,18H,3-7,15H2,1-2H3. The average Bonchev–Trinajstić information content (AvgIpc) is 3.24. The van der Waals surface area contributed by atoms with Crippen molar-refractivity contribution in [1.82, 2.24) is 14.1 Å².